The first-order valence-electron chi connectivity index (χ1n) is 9.33. The third-order valence-corrected chi connectivity index (χ3v) is 5.42. The van der Waals surface area contributed by atoms with Crippen LogP contribution in [0.3, 0.4) is 0 Å². The summed E-state index contributed by atoms with van der Waals surface area (Å²) in [4.78, 5) is 33.5. The van der Waals surface area contributed by atoms with E-state index in [-0.39, 0.29) is 24.1 Å². The number of aromatic nitrogens is 2. The number of carbonyl (C=O) groups excluding carboxylic acids is 2. The molecule has 2 heterocycles. The van der Waals surface area contributed by atoms with Gasteiger partial charge in [-0.25, -0.2) is 19.2 Å². The lowest BCUT2D eigenvalue weighted by Crippen LogP contribution is -2.16. The van der Waals surface area contributed by atoms with Gasteiger partial charge in [-0.1, -0.05) is 18.7 Å². The molecule has 31 heavy (non-hydrogen) atoms. The van der Waals surface area contributed by atoms with Crippen molar-refractivity contribution in [3.8, 4) is 0 Å². The van der Waals surface area contributed by atoms with Crippen molar-refractivity contribution in [2.45, 2.75) is 19.9 Å². The molecule has 0 saturated carbocycles. The maximum absolute atomic E-state index is 13.4. The number of benzene rings is 1. The number of nitrogens with one attached hydrogen (secondary N) is 2. The van der Waals surface area contributed by atoms with Gasteiger partial charge in [0.25, 0.3) is 0 Å². The molecule has 160 valence electrons. The predicted octanol–water partition coefficient (Wildman–Crippen LogP) is 3.71. The van der Waals surface area contributed by atoms with Crippen molar-refractivity contribution in [3.05, 3.63) is 81.7 Å². The van der Waals surface area contributed by atoms with E-state index in [1.54, 1.807) is 31.2 Å². The Hall–Kier alpha value is -3.59. The highest BCUT2D eigenvalue weighted by Crippen LogP contribution is 2.19. The molecule has 0 radical (unpaired) electrons. The molecule has 0 aliphatic carbocycles. The molecule has 1 aromatic carbocycles. The molecule has 2 aromatic heterocycles. The molecule has 0 atom stereocenters. The van der Waals surface area contributed by atoms with Gasteiger partial charge in [-0.3, -0.25) is 4.79 Å². The van der Waals surface area contributed by atoms with E-state index >= 15 is 0 Å². The van der Waals surface area contributed by atoms with Crippen LogP contribution in [0, 0.1) is 12.7 Å². The zero-order valence-electron chi connectivity index (χ0n) is 17.1. The number of hydrogen-bond acceptors (Lipinski definition) is 7. The minimum absolute atomic E-state index is 0.0978. The molecule has 9 heteroatoms. The first-order valence-corrected chi connectivity index (χ1v) is 10.1. The smallest absolute Gasteiger partial charge is 0.348 e. The van der Waals surface area contributed by atoms with Gasteiger partial charge in [0.15, 0.2) is 0 Å². The van der Waals surface area contributed by atoms with Crippen LogP contribution in [-0.2, 0) is 22.5 Å². The number of nitrogens with zero attached hydrogens (tertiary/aromatic N) is 2. The number of anilines is 1. The number of amides is 1. The van der Waals surface area contributed by atoms with Crippen LogP contribution in [0.15, 0.2) is 49.3 Å². The molecule has 1 amide bonds. The average Bonchev–Trinajstić information content (AvgIpc) is 3.23. The zero-order valence-corrected chi connectivity index (χ0v) is 17.9. The highest BCUT2D eigenvalue weighted by molar-refractivity contribution is 7.13. The second kappa shape index (κ2) is 9.94. The van der Waals surface area contributed by atoms with Crippen LogP contribution in [0.4, 0.5) is 10.2 Å². The van der Waals surface area contributed by atoms with E-state index in [4.69, 9.17) is 4.74 Å². The van der Waals surface area contributed by atoms with Gasteiger partial charge in [-0.2, -0.15) is 0 Å². The average molecular weight is 441 g/mol. The minimum Gasteiger partial charge on any atom is -0.465 e. The molecule has 0 fully saturated rings. The van der Waals surface area contributed by atoms with Crippen molar-refractivity contribution in [2.24, 2.45) is 0 Å². The Bertz CT molecular complexity index is 1130. The fourth-order valence-corrected chi connectivity index (χ4v) is 3.61. The SMILES string of the molecule is C=C(NCc1ccc(C(=O)OC)s1)c1cc(NC(=O)Cc2ccc(F)c(C)c2)ncn1. The lowest BCUT2D eigenvalue weighted by Gasteiger charge is -2.10. The van der Waals surface area contributed by atoms with Crippen molar-refractivity contribution in [1.29, 1.82) is 0 Å². The molecule has 0 saturated heterocycles. The van der Waals surface area contributed by atoms with Crippen LogP contribution < -0.4 is 10.6 Å². The van der Waals surface area contributed by atoms with E-state index in [9.17, 15) is 14.0 Å². The summed E-state index contributed by atoms with van der Waals surface area (Å²) in [7, 11) is 1.34. The Kier molecular flexibility index (Phi) is 7.09. The van der Waals surface area contributed by atoms with E-state index in [0.29, 0.717) is 39.8 Å². The number of aryl methyl sites for hydroxylation is 1. The van der Waals surface area contributed by atoms with E-state index < -0.39 is 0 Å². The summed E-state index contributed by atoms with van der Waals surface area (Å²) >= 11 is 1.33. The minimum atomic E-state index is -0.373. The summed E-state index contributed by atoms with van der Waals surface area (Å²) in [5.41, 5.74) is 2.26. The summed E-state index contributed by atoms with van der Waals surface area (Å²) < 4.78 is 18.1. The van der Waals surface area contributed by atoms with Gasteiger partial charge in [0.2, 0.25) is 5.91 Å². The van der Waals surface area contributed by atoms with E-state index in [2.05, 4.69) is 27.2 Å². The Balaban J connectivity index is 1.58. The van der Waals surface area contributed by atoms with Crippen LogP contribution in [0.25, 0.3) is 5.70 Å². The molecule has 2 N–H and O–H groups in total. The van der Waals surface area contributed by atoms with E-state index in [1.807, 2.05) is 6.07 Å². The highest BCUT2D eigenvalue weighted by Gasteiger charge is 2.11. The summed E-state index contributed by atoms with van der Waals surface area (Å²) in [6, 6.07) is 9.71. The number of esters is 1. The molecule has 0 aliphatic rings. The van der Waals surface area contributed by atoms with Crippen LogP contribution >= 0.6 is 11.3 Å². The van der Waals surface area contributed by atoms with Crippen molar-refractivity contribution >= 4 is 34.7 Å². The molecule has 3 aromatic rings. The van der Waals surface area contributed by atoms with E-state index in [1.165, 1.54) is 30.8 Å². The van der Waals surface area contributed by atoms with Gasteiger partial charge < -0.3 is 15.4 Å². The Morgan fingerprint density at radius 2 is 2.00 bits per heavy atom. The number of carbonyl (C=O) groups is 2. The third kappa shape index (κ3) is 5.95. The van der Waals surface area contributed by atoms with Gasteiger partial charge in [0.1, 0.15) is 22.8 Å². The lowest BCUT2D eigenvalue weighted by molar-refractivity contribution is -0.115. The quantitative estimate of drug-likeness (QED) is 0.519. The first kappa shape index (κ1) is 22.1. The Morgan fingerprint density at radius 1 is 1.19 bits per heavy atom. The summed E-state index contributed by atoms with van der Waals surface area (Å²) in [5, 5.41) is 5.86. The summed E-state index contributed by atoms with van der Waals surface area (Å²) in [6.07, 6.45) is 1.43. The van der Waals surface area contributed by atoms with Gasteiger partial charge in [0.05, 0.1) is 24.9 Å². The molecule has 0 bridgehead atoms. The van der Waals surface area contributed by atoms with Gasteiger partial charge in [-0.05, 0) is 36.2 Å². The number of ether oxygens (including phenoxy) is 1. The van der Waals surface area contributed by atoms with Gasteiger partial charge >= 0.3 is 5.97 Å². The number of rotatable bonds is 8. The molecule has 3 rings (SSSR count). The fraction of sp³-hybridized carbons (Fsp3) is 0.182. The number of methoxy groups -OCH3 is 1. The second-order valence-electron chi connectivity index (χ2n) is 6.69. The molecule has 0 aliphatic heterocycles. The van der Waals surface area contributed by atoms with Crippen molar-refractivity contribution in [3.63, 3.8) is 0 Å². The summed E-state index contributed by atoms with van der Waals surface area (Å²) in [5.74, 6) is -0.620. The highest BCUT2D eigenvalue weighted by atomic mass is 32.1. The topological polar surface area (TPSA) is 93.2 Å². The normalized spacial score (nSPS) is 10.4. The van der Waals surface area contributed by atoms with Crippen LogP contribution in [0.5, 0.6) is 0 Å². The standard InChI is InChI=1S/C22H21FN4O3S/c1-13-8-15(4-6-17(13)23)9-21(28)27-20-10-18(25-12-26-20)14(2)24-11-16-5-7-19(31-16)22(29)30-3/h4-8,10,12,24H,2,9,11H2,1,3H3,(H,25,26,27,28). The molecular weight excluding hydrogens is 419 g/mol. The molecule has 7 nitrogen and oxygen atoms in total. The van der Waals surface area contributed by atoms with Gasteiger partial charge in [-0.15, -0.1) is 11.3 Å². The number of hydrogen-bond donors (Lipinski definition) is 2. The van der Waals surface area contributed by atoms with Crippen LogP contribution in [0.2, 0.25) is 0 Å². The Morgan fingerprint density at radius 3 is 2.74 bits per heavy atom. The number of halogens is 1. The third-order valence-electron chi connectivity index (χ3n) is 4.36. The van der Waals surface area contributed by atoms with Crippen molar-refractivity contribution < 1.29 is 18.7 Å². The fourth-order valence-electron chi connectivity index (χ4n) is 2.75. The summed E-state index contributed by atoms with van der Waals surface area (Å²) in [6.45, 7) is 6.07. The van der Waals surface area contributed by atoms with Crippen LogP contribution in [-0.4, -0.2) is 29.0 Å². The Labute approximate surface area is 183 Å². The van der Waals surface area contributed by atoms with Crippen molar-refractivity contribution in [1.82, 2.24) is 15.3 Å². The second-order valence-corrected chi connectivity index (χ2v) is 7.85. The monoisotopic (exact) mass is 440 g/mol. The lowest BCUT2D eigenvalue weighted by atomic mass is 10.1. The maximum Gasteiger partial charge on any atom is 0.348 e. The maximum atomic E-state index is 13.4. The van der Waals surface area contributed by atoms with Crippen LogP contribution in [0.1, 0.15) is 31.4 Å². The van der Waals surface area contributed by atoms with E-state index in [0.717, 1.165) is 4.88 Å². The van der Waals surface area contributed by atoms with Gasteiger partial charge in [0, 0.05) is 17.5 Å². The predicted molar refractivity (Wildman–Crippen MR) is 117 cm³/mol. The molecular formula is C22H21FN4O3S. The largest absolute Gasteiger partial charge is 0.465 e. The molecule has 0 spiro atoms. The van der Waals surface area contributed by atoms with Crippen molar-refractivity contribution in [2.75, 3.05) is 12.4 Å². The first-order chi connectivity index (χ1) is 14.9. The molecule has 0 unspecified atom stereocenters. The number of thiophene rings is 1. The zero-order chi connectivity index (χ0) is 22.4.